The van der Waals surface area contributed by atoms with E-state index in [1.807, 2.05) is 0 Å². The second kappa shape index (κ2) is 5.34. The van der Waals surface area contributed by atoms with Gasteiger partial charge in [-0.25, -0.2) is 4.79 Å². The first kappa shape index (κ1) is 12.8. The summed E-state index contributed by atoms with van der Waals surface area (Å²) in [4.78, 5) is 22.6. The largest absolute Gasteiger partial charge is 0.478 e. The topological polar surface area (TPSA) is 92.4 Å². The summed E-state index contributed by atoms with van der Waals surface area (Å²) < 4.78 is 4.87. The molecule has 1 amide bonds. The molecule has 0 saturated heterocycles. The molecule has 0 saturated carbocycles. The molecule has 6 heteroatoms. The van der Waals surface area contributed by atoms with Gasteiger partial charge < -0.3 is 14.9 Å². The van der Waals surface area contributed by atoms with Gasteiger partial charge in [0.15, 0.2) is 0 Å². The number of nitrogens with one attached hydrogen (secondary N) is 1. The lowest BCUT2D eigenvalue weighted by atomic mass is 10.1. The number of aromatic carboxylic acids is 1. The minimum Gasteiger partial charge on any atom is -0.478 e. The first-order valence-electron chi connectivity index (χ1n) is 5.60. The molecule has 0 aliphatic rings. The lowest BCUT2D eigenvalue weighted by Gasteiger charge is -2.03. The van der Waals surface area contributed by atoms with Crippen molar-refractivity contribution in [3.8, 4) is 0 Å². The zero-order chi connectivity index (χ0) is 13.8. The Morgan fingerprint density at radius 3 is 2.68 bits per heavy atom. The lowest BCUT2D eigenvalue weighted by Crippen LogP contribution is -2.23. The van der Waals surface area contributed by atoms with Crippen molar-refractivity contribution in [2.75, 3.05) is 0 Å². The zero-order valence-corrected chi connectivity index (χ0v) is 10.2. The molecule has 0 bridgehead atoms. The Balaban J connectivity index is 2.03. The maximum absolute atomic E-state index is 11.8. The van der Waals surface area contributed by atoms with E-state index in [-0.39, 0.29) is 18.0 Å². The molecule has 0 aliphatic carbocycles. The van der Waals surface area contributed by atoms with E-state index < -0.39 is 5.97 Å². The number of benzene rings is 1. The van der Waals surface area contributed by atoms with Gasteiger partial charge in [0, 0.05) is 11.6 Å². The monoisotopic (exact) mass is 260 g/mol. The normalized spacial score (nSPS) is 10.2. The van der Waals surface area contributed by atoms with E-state index in [9.17, 15) is 9.59 Å². The molecular weight excluding hydrogens is 248 g/mol. The fourth-order valence-corrected chi connectivity index (χ4v) is 1.57. The van der Waals surface area contributed by atoms with Gasteiger partial charge in [0.25, 0.3) is 5.91 Å². The van der Waals surface area contributed by atoms with E-state index in [1.165, 1.54) is 18.2 Å². The lowest BCUT2D eigenvalue weighted by molar-refractivity contribution is 0.0697. The summed E-state index contributed by atoms with van der Waals surface area (Å²) in [6, 6.07) is 7.55. The summed E-state index contributed by atoms with van der Waals surface area (Å²) >= 11 is 0. The summed E-state index contributed by atoms with van der Waals surface area (Å²) in [6.45, 7) is 1.99. The van der Waals surface area contributed by atoms with Crippen molar-refractivity contribution < 1.29 is 19.2 Å². The maximum atomic E-state index is 11.8. The number of nitrogens with zero attached hydrogens (tertiary/aromatic N) is 1. The van der Waals surface area contributed by atoms with Crippen LogP contribution in [0.3, 0.4) is 0 Å². The van der Waals surface area contributed by atoms with Crippen LogP contribution in [-0.2, 0) is 6.54 Å². The first-order chi connectivity index (χ1) is 9.06. The van der Waals surface area contributed by atoms with Gasteiger partial charge >= 0.3 is 5.97 Å². The van der Waals surface area contributed by atoms with Gasteiger partial charge in [0.2, 0.25) is 0 Å². The molecule has 2 N–H and O–H groups in total. The maximum Gasteiger partial charge on any atom is 0.335 e. The van der Waals surface area contributed by atoms with Crippen LogP contribution in [0.15, 0.2) is 34.9 Å². The van der Waals surface area contributed by atoms with Gasteiger partial charge in [-0.15, -0.1) is 0 Å². The quantitative estimate of drug-likeness (QED) is 0.871. The fraction of sp³-hybridized carbons (Fsp3) is 0.154. The Labute approximate surface area is 109 Å². The van der Waals surface area contributed by atoms with E-state index in [2.05, 4.69) is 10.5 Å². The van der Waals surface area contributed by atoms with Gasteiger partial charge in [-0.2, -0.15) is 0 Å². The molecule has 2 aromatic rings. The van der Waals surface area contributed by atoms with Crippen LogP contribution in [0.25, 0.3) is 0 Å². The number of carbonyl (C=O) groups excluding carboxylic acids is 1. The highest BCUT2D eigenvalue weighted by molar-refractivity contribution is 5.97. The molecule has 0 spiro atoms. The van der Waals surface area contributed by atoms with Crippen LogP contribution < -0.4 is 5.32 Å². The molecule has 1 aromatic heterocycles. The summed E-state index contributed by atoms with van der Waals surface area (Å²) in [6.07, 6.45) is 0. The second-order valence-corrected chi connectivity index (χ2v) is 4.00. The third kappa shape index (κ3) is 3.19. The third-order valence-electron chi connectivity index (χ3n) is 2.48. The number of aryl methyl sites for hydroxylation is 1. The average molecular weight is 260 g/mol. The fourth-order valence-electron chi connectivity index (χ4n) is 1.57. The Kier molecular flexibility index (Phi) is 3.61. The molecule has 0 fully saturated rings. The second-order valence-electron chi connectivity index (χ2n) is 4.00. The highest BCUT2D eigenvalue weighted by Crippen LogP contribution is 2.06. The zero-order valence-electron chi connectivity index (χ0n) is 10.2. The Morgan fingerprint density at radius 2 is 2.05 bits per heavy atom. The molecule has 19 heavy (non-hydrogen) atoms. The first-order valence-corrected chi connectivity index (χ1v) is 5.60. The van der Waals surface area contributed by atoms with Crippen LogP contribution >= 0.6 is 0 Å². The van der Waals surface area contributed by atoms with Gasteiger partial charge in [-0.1, -0.05) is 11.2 Å². The molecule has 98 valence electrons. The Hall–Kier alpha value is -2.63. The predicted molar refractivity (Wildman–Crippen MR) is 65.8 cm³/mol. The molecular formula is C13H12N2O4. The number of carbonyl (C=O) groups is 2. The number of carboxylic acids is 1. The van der Waals surface area contributed by atoms with Crippen molar-refractivity contribution in [3.63, 3.8) is 0 Å². The molecule has 0 aliphatic heterocycles. The van der Waals surface area contributed by atoms with Crippen LogP contribution in [0.5, 0.6) is 0 Å². The summed E-state index contributed by atoms with van der Waals surface area (Å²) in [5.74, 6) is -0.761. The van der Waals surface area contributed by atoms with Crippen LogP contribution in [0.4, 0.5) is 0 Å². The summed E-state index contributed by atoms with van der Waals surface area (Å²) in [7, 11) is 0. The average Bonchev–Trinajstić information content (AvgIpc) is 2.82. The predicted octanol–water partition coefficient (Wildman–Crippen LogP) is 1.61. The Bertz CT molecular complexity index is 619. The van der Waals surface area contributed by atoms with E-state index >= 15 is 0 Å². The molecule has 0 atom stereocenters. The molecule has 1 aromatic carbocycles. The van der Waals surface area contributed by atoms with Gasteiger partial charge in [0.1, 0.15) is 11.5 Å². The van der Waals surface area contributed by atoms with Crippen molar-refractivity contribution >= 4 is 11.9 Å². The highest BCUT2D eigenvalue weighted by atomic mass is 16.5. The summed E-state index contributed by atoms with van der Waals surface area (Å²) in [5.41, 5.74) is 0.977. The van der Waals surface area contributed by atoms with Gasteiger partial charge in [0.05, 0.1) is 12.1 Å². The molecule has 2 rings (SSSR count). The highest BCUT2D eigenvalue weighted by Gasteiger charge is 2.10. The number of rotatable bonds is 4. The molecule has 1 heterocycles. The van der Waals surface area contributed by atoms with Crippen LogP contribution in [-0.4, -0.2) is 22.1 Å². The minimum atomic E-state index is -1.07. The van der Waals surface area contributed by atoms with Crippen molar-refractivity contribution in [3.05, 3.63) is 52.9 Å². The van der Waals surface area contributed by atoms with Gasteiger partial charge in [-0.05, 0) is 25.1 Å². The van der Waals surface area contributed by atoms with Gasteiger partial charge in [-0.3, -0.25) is 4.79 Å². The number of amides is 1. The molecule has 0 radical (unpaired) electrons. The molecule has 0 unspecified atom stereocenters. The number of aromatic nitrogens is 1. The van der Waals surface area contributed by atoms with Crippen LogP contribution in [0.2, 0.25) is 0 Å². The van der Waals surface area contributed by atoms with Crippen LogP contribution in [0, 0.1) is 6.92 Å². The SMILES string of the molecule is Cc1cc(CNC(=O)c2cccc(C(=O)O)c2)no1. The smallest absolute Gasteiger partial charge is 0.335 e. The van der Waals surface area contributed by atoms with E-state index in [4.69, 9.17) is 9.63 Å². The third-order valence-corrected chi connectivity index (χ3v) is 2.48. The van der Waals surface area contributed by atoms with Crippen molar-refractivity contribution in [2.45, 2.75) is 13.5 Å². The Morgan fingerprint density at radius 1 is 1.32 bits per heavy atom. The number of hydrogen-bond donors (Lipinski definition) is 2. The number of hydrogen-bond acceptors (Lipinski definition) is 4. The van der Waals surface area contributed by atoms with Crippen molar-refractivity contribution in [1.29, 1.82) is 0 Å². The van der Waals surface area contributed by atoms with E-state index in [0.29, 0.717) is 17.0 Å². The molecule has 6 nitrogen and oxygen atoms in total. The summed E-state index contributed by atoms with van der Waals surface area (Å²) in [5, 5.41) is 15.2. The van der Waals surface area contributed by atoms with Crippen molar-refractivity contribution in [1.82, 2.24) is 10.5 Å². The van der Waals surface area contributed by atoms with E-state index in [1.54, 1.807) is 19.1 Å². The van der Waals surface area contributed by atoms with Crippen molar-refractivity contribution in [2.24, 2.45) is 0 Å². The van der Waals surface area contributed by atoms with E-state index in [0.717, 1.165) is 0 Å². The number of carboxylic acid groups (broad SMARTS) is 1. The van der Waals surface area contributed by atoms with Crippen LogP contribution in [0.1, 0.15) is 32.2 Å². The minimum absolute atomic E-state index is 0.0740. The standard InChI is InChI=1S/C13H12N2O4/c1-8-5-11(15-19-8)7-14-12(16)9-3-2-4-10(6-9)13(17)18/h2-6H,7H2,1H3,(H,14,16)(H,17,18).